The number of aromatic hydroxyl groups is 1. The maximum Gasteiger partial charge on any atom is 0.248 e. The molecule has 0 aliphatic rings. The summed E-state index contributed by atoms with van der Waals surface area (Å²) in [6.45, 7) is 7.81. The van der Waals surface area contributed by atoms with E-state index in [-0.39, 0.29) is 11.7 Å². The third kappa shape index (κ3) is 7.07. The minimum atomic E-state index is -0.268. The van der Waals surface area contributed by atoms with Crippen molar-refractivity contribution >= 4 is 29.4 Å². The summed E-state index contributed by atoms with van der Waals surface area (Å²) in [6, 6.07) is 21.0. The zero-order valence-corrected chi connectivity index (χ0v) is 22.8. The van der Waals surface area contributed by atoms with Gasteiger partial charge in [-0.05, 0) is 86.0 Å². The SMILES string of the molecule is CCCOc1ccc(-c2ccc(O)c(/C=C/C(=O)Nc3ccc(SCc4c(C)ncn4CC)cc3)c2)cc1. The van der Waals surface area contributed by atoms with Gasteiger partial charge in [0.2, 0.25) is 5.91 Å². The second-order valence-electron chi connectivity index (χ2n) is 8.84. The molecule has 196 valence electrons. The van der Waals surface area contributed by atoms with Crippen LogP contribution in [0, 0.1) is 6.92 Å². The van der Waals surface area contributed by atoms with Crippen LogP contribution in [-0.4, -0.2) is 27.2 Å². The lowest BCUT2D eigenvalue weighted by Gasteiger charge is -2.08. The summed E-state index contributed by atoms with van der Waals surface area (Å²) in [5.41, 5.74) is 5.50. The van der Waals surface area contributed by atoms with Crippen molar-refractivity contribution in [2.75, 3.05) is 11.9 Å². The van der Waals surface area contributed by atoms with Crippen LogP contribution in [-0.2, 0) is 17.1 Å². The van der Waals surface area contributed by atoms with E-state index in [1.54, 1.807) is 23.9 Å². The van der Waals surface area contributed by atoms with E-state index in [1.807, 2.05) is 73.9 Å². The molecular formula is C31H33N3O3S. The number of rotatable bonds is 11. The number of carbonyl (C=O) groups is 1. The van der Waals surface area contributed by atoms with Crippen LogP contribution in [0.25, 0.3) is 17.2 Å². The number of ether oxygens (including phenoxy) is 1. The number of phenols is 1. The molecule has 0 atom stereocenters. The van der Waals surface area contributed by atoms with Crippen molar-refractivity contribution in [2.45, 2.75) is 44.4 Å². The number of hydrogen-bond donors (Lipinski definition) is 2. The number of hydrogen-bond acceptors (Lipinski definition) is 5. The maximum atomic E-state index is 12.5. The van der Waals surface area contributed by atoms with E-state index in [2.05, 4.69) is 28.7 Å². The van der Waals surface area contributed by atoms with E-state index < -0.39 is 0 Å². The standard InChI is InChI=1S/C31H33N3O3S/c1-4-18-37-27-12-6-23(7-13-27)24-8-16-30(35)25(19-24)9-17-31(36)33-26-10-14-28(15-11-26)38-20-29-22(3)32-21-34(29)5-2/h6-17,19,21,35H,4-5,18,20H2,1-3H3,(H,33,36)/b17-9+. The van der Waals surface area contributed by atoms with E-state index in [4.69, 9.17) is 4.74 Å². The van der Waals surface area contributed by atoms with Gasteiger partial charge in [0.1, 0.15) is 11.5 Å². The Morgan fingerprint density at radius 2 is 1.79 bits per heavy atom. The van der Waals surface area contributed by atoms with E-state index in [0.717, 1.165) is 46.2 Å². The molecule has 4 rings (SSSR count). The number of benzene rings is 3. The Kier molecular flexibility index (Phi) is 9.27. The molecule has 3 aromatic carbocycles. The van der Waals surface area contributed by atoms with Crippen LogP contribution >= 0.6 is 11.8 Å². The van der Waals surface area contributed by atoms with Crippen LogP contribution in [0.1, 0.15) is 37.2 Å². The van der Waals surface area contributed by atoms with Crippen molar-refractivity contribution in [2.24, 2.45) is 0 Å². The molecule has 0 fully saturated rings. The van der Waals surface area contributed by atoms with Gasteiger partial charge in [0.05, 0.1) is 24.3 Å². The number of thioether (sulfide) groups is 1. The van der Waals surface area contributed by atoms with E-state index in [0.29, 0.717) is 17.9 Å². The molecule has 6 nitrogen and oxygen atoms in total. The van der Waals surface area contributed by atoms with Crippen LogP contribution < -0.4 is 10.1 Å². The van der Waals surface area contributed by atoms with Crippen LogP contribution in [0.3, 0.4) is 0 Å². The smallest absolute Gasteiger partial charge is 0.248 e. The predicted molar refractivity (Wildman–Crippen MR) is 156 cm³/mol. The van der Waals surface area contributed by atoms with E-state index in [9.17, 15) is 9.90 Å². The van der Waals surface area contributed by atoms with Gasteiger partial charge in [-0.3, -0.25) is 4.79 Å². The van der Waals surface area contributed by atoms with Crippen LogP contribution in [0.5, 0.6) is 11.5 Å². The minimum absolute atomic E-state index is 0.113. The molecule has 0 unspecified atom stereocenters. The Bertz CT molecular complexity index is 1390. The number of aryl methyl sites for hydroxylation is 2. The molecule has 0 saturated carbocycles. The van der Waals surface area contributed by atoms with Gasteiger partial charge >= 0.3 is 0 Å². The van der Waals surface area contributed by atoms with E-state index in [1.165, 1.54) is 11.8 Å². The highest BCUT2D eigenvalue weighted by atomic mass is 32.2. The molecule has 0 radical (unpaired) electrons. The first-order valence-electron chi connectivity index (χ1n) is 12.8. The highest BCUT2D eigenvalue weighted by Crippen LogP contribution is 2.29. The number of nitrogens with one attached hydrogen (secondary N) is 1. The van der Waals surface area contributed by atoms with Crippen molar-refractivity contribution in [3.8, 4) is 22.6 Å². The first kappa shape index (κ1) is 27.1. The van der Waals surface area contributed by atoms with Crippen molar-refractivity contribution in [3.63, 3.8) is 0 Å². The second kappa shape index (κ2) is 13.0. The van der Waals surface area contributed by atoms with Gasteiger partial charge in [-0.25, -0.2) is 4.98 Å². The first-order chi connectivity index (χ1) is 18.5. The van der Waals surface area contributed by atoms with Gasteiger partial charge < -0.3 is 19.7 Å². The molecule has 2 N–H and O–H groups in total. The van der Waals surface area contributed by atoms with Gasteiger partial charge in [-0.2, -0.15) is 0 Å². The van der Waals surface area contributed by atoms with Gasteiger partial charge in [0.25, 0.3) is 0 Å². The number of aromatic nitrogens is 2. The minimum Gasteiger partial charge on any atom is -0.507 e. The van der Waals surface area contributed by atoms with E-state index >= 15 is 0 Å². The summed E-state index contributed by atoms with van der Waals surface area (Å²) in [5.74, 6) is 1.52. The third-order valence-electron chi connectivity index (χ3n) is 6.10. The highest BCUT2D eigenvalue weighted by molar-refractivity contribution is 7.98. The lowest BCUT2D eigenvalue weighted by Crippen LogP contribution is -2.07. The molecular weight excluding hydrogens is 494 g/mol. The fourth-order valence-corrected chi connectivity index (χ4v) is 4.94. The number of amides is 1. The Morgan fingerprint density at radius 3 is 2.50 bits per heavy atom. The fraction of sp³-hybridized carbons (Fsp3) is 0.226. The van der Waals surface area contributed by atoms with Gasteiger partial charge in [-0.1, -0.05) is 25.1 Å². The lowest BCUT2D eigenvalue weighted by molar-refractivity contribution is -0.111. The molecule has 0 aliphatic carbocycles. The normalized spacial score (nSPS) is 11.1. The van der Waals surface area contributed by atoms with Crippen molar-refractivity contribution in [3.05, 3.63) is 96.1 Å². The summed E-state index contributed by atoms with van der Waals surface area (Å²) in [5, 5.41) is 13.2. The summed E-state index contributed by atoms with van der Waals surface area (Å²) >= 11 is 1.74. The Balaban J connectivity index is 1.35. The molecule has 0 spiro atoms. The summed E-state index contributed by atoms with van der Waals surface area (Å²) in [4.78, 5) is 18.1. The molecule has 4 aromatic rings. The number of carbonyl (C=O) groups excluding carboxylic acids is 1. The molecule has 38 heavy (non-hydrogen) atoms. The van der Waals surface area contributed by atoms with Crippen molar-refractivity contribution in [1.29, 1.82) is 0 Å². The Labute approximate surface area is 228 Å². The zero-order valence-electron chi connectivity index (χ0n) is 22.0. The Morgan fingerprint density at radius 1 is 1.05 bits per heavy atom. The van der Waals surface area contributed by atoms with Gasteiger partial charge in [0.15, 0.2) is 0 Å². The van der Waals surface area contributed by atoms with Crippen LogP contribution in [0.2, 0.25) is 0 Å². The quantitative estimate of drug-likeness (QED) is 0.158. The summed E-state index contributed by atoms with van der Waals surface area (Å²) < 4.78 is 7.81. The first-order valence-corrected chi connectivity index (χ1v) is 13.7. The predicted octanol–water partition coefficient (Wildman–Crippen LogP) is 7.32. The number of nitrogens with zero attached hydrogens (tertiary/aromatic N) is 2. The largest absolute Gasteiger partial charge is 0.507 e. The monoisotopic (exact) mass is 527 g/mol. The zero-order chi connectivity index (χ0) is 26.9. The van der Waals surface area contributed by atoms with Crippen molar-refractivity contribution < 1.29 is 14.6 Å². The average Bonchev–Trinajstić information content (AvgIpc) is 3.30. The average molecular weight is 528 g/mol. The summed E-state index contributed by atoms with van der Waals surface area (Å²) in [7, 11) is 0. The number of anilines is 1. The van der Waals surface area contributed by atoms with Crippen LogP contribution in [0.4, 0.5) is 5.69 Å². The molecule has 0 bridgehead atoms. The second-order valence-corrected chi connectivity index (χ2v) is 9.89. The summed E-state index contributed by atoms with van der Waals surface area (Å²) in [6.07, 6.45) is 5.89. The highest BCUT2D eigenvalue weighted by Gasteiger charge is 2.08. The molecule has 0 aliphatic heterocycles. The van der Waals surface area contributed by atoms with Crippen LogP contribution in [0.15, 0.2) is 84.0 Å². The Hall–Kier alpha value is -3.97. The molecule has 1 aromatic heterocycles. The molecule has 1 amide bonds. The molecule has 7 heteroatoms. The molecule has 1 heterocycles. The van der Waals surface area contributed by atoms with Gasteiger partial charge in [0, 0.05) is 34.5 Å². The topological polar surface area (TPSA) is 76.4 Å². The maximum absolute atomic E-state index is 12.5. The fourth-order valence-electron chi connectivity index (χ4n) is 3.93. The lowest BCUT2D eigenvalue weighted by atomic mass is 10.0. The number of phenolic OH excluding ortho intramolecular Hbond substituents is 1. The van der Waals surface area contributed by atoms with Gasteiger partial charge in [-0.15, -0.1) is 11.8 Å². The van der Waals surface area contributed by atoms with Crippen molar-refractivity contribution in [1.82, 2.24) is 9.55 Å². The molecule has 0 saturated heterocycles. The third-order valence-corrected chi connectivity index (χ3v) is 7.12. The number of imidazole rings is 1.